The maximum atomic E-state index is 13.2. The van der Waals surface area contributed by atoms with E-state index in [0.29, 0.717) is 28.5 Å². The third-order valence-corrected chi connectivity index (χ3v) is 4.92. The number of amides is 2. The van der Waals surface area contributed by atoms with Crippen LogP contribution >= 0.6 is 11.6 Å². The summed E-state index contributed by atoms with van der Waals surface area (Å²) in [6.07, 6.45) is 0. The van der Waals surface area contributed by atoms with Crippen molar-refractivity contribution in [2.24, 2.45) is 0 Å². The Balaban J connectivity index is 1.97. The lowest BCUT2D eigenvalue weighted by Crippen LogP contribution is -2.34. The molecule has 0 aromatic heterocycles. The molecule has 0 fully saturated rings. The van der Waals surface area contributed by atoms with Crippen LogP contribution in [0.25, 0.3) is 5.57 Å². The summed E-state index contributed by atoms with van der Waals surface area (Å²) in [5.74, 6) is -0.0596. The molecule has 6 nitrogen and oxygen atoms in total. The summed E-state index contributed by atoms with van der Waals surface area (Å²) in [7, 11) is 1.69. The van der Waals surface area contributed by atoms with Gasteiger partial charge in [-0.05, 0) is 42.3 Å². The third kappa shape index (κ3) is 4.44. The molecule has 7 heteroatoms. The quantitative estimate of drug-likeness (QED) is 0.672. The molecule has 0 radical (unpaired) electrons. The Morgan fingerprint density at radius 2 is 1.69 bits per heavy atom. The fourth-order valence-electron chi connectivity index (χ4n) is 3.24. The molecule has 2 aromatic rings. The van der Waals surface area contributed by atoms with Gasteiger partial charge in [0.05, 0.1) is 25.3 Å². The minimum Gasteiger partial charge on any atom is -0.494 e. The van der Waals surface area contributed by atoms with Gasteiger partial charge in [0.1, 0.15) is 11.4 Å². The predicted molar refractivity (Wildman–Crippen MR) is 111 cm³/mol. The number of rotatable bonds is 8. The van der Waals surface area contributed by atoms with E-state index < -0.39 is 0 Å². The number of ether oxygens (including phenoxy) is 1. The smallest absolute Gasteiger partial charge is 0.278 e. The van der Waals surface area contributed by atoms with Crippen molar-refractivity contribution in [2.45, 2.75) is 13.5 Å². The zero-order chi connectivity index (χ0) is 21.0. The van der Waals surface area contributed by atoms with Crippen LogP contribution in [0.5, 0.6) is 5.75 Å². The molecule has 1 N–H and O–H groups in total. The minimum atomic E-state index is -0.384. The first-order valence-corrected chi connectivity index (χ1v) is 9.74. The predicted octanol–water partition coefficient (Wildman–Crippen LogP) is 2.94. The van der Waals surface area contributed by atoms with E-state index in [1.54, 1.807) is 60.5 Å². The molecule has 2 aromatic carbocycles. The summed E-state index contributed by atoms with van der Waals surface area (Å²) >= 11 is 5.93. The number of nitrogens with zero attached hydrogens (tertiary/aromatic N) is 2. The second kappa shape index (κ2) is 9.11. The maximum Gasteiger partial charge on any atom is 0.278 e. The standard InChI is InChI=1S/C22H23ClN2O4/c1-3-29-18-10-6-16(7-11-18)19-20(24(2)12-13-26)22(28)25(21(19)27)14-15-4-8-17(23)9-5-15/h4-11,26H,3,12-14H2,1-2H3. The van der Waals surface area contributed by atoms with Crippen molar-refractivity contribution in [3.8, 4) is 5.75 Å². The Labute approximate surface area is 174 Å². The fraction of sp³-hybridized carbons (Fsp3) is 0.273. The van der Waals surface area contributed by atoms with Crippen LogP contribution in [0.1, 0.15) is 18.1 Å². The number of aliphatic hydroxyl groups is 1. The summed E-state index contributed by atoms with van der Waals surface area (Å²) < 4.78 is 5.46. The zero-order valence-corrected chi connectivity index (χ0v) is 17.1. The van der Waals surface area contributed by atoms with E-state index in [0.717, 1.165) is 5.56 Å². The normalized spacial score (nSPS) is 14.0. The van der Waals surface area contributed by atoms with Crippen LogP contribution in [0.3, 0.4) is 0 Å². The molecule has 0 spiro atoms. The average molecular weight is 415 g/mol. The van der Waals surface area contributed by atoms with Crippen LogP contribution in [0.15, 0.2) is 54.2 Å². The largest absolute Gasteiger partial charge is 0.494 e. The van der Waals surface area contributed by atoms with Gasteiger partial charge in [0, 0.05) is 18.6 Å². The minimum absolute atomic E-state index is 0.130. The first kappa shape index (κ1) is 20.9. The van der Waals surface area contributed by atoms with Gasteiger partial charge >= 0.3 is 0 Å². The van der Waals surface area contributed by atoms with E-state index in [4.69, 9.17) is 16.3 Å². The van der Waals surface area contributed by atoms with Crippen LogP contribution in [0, 0.1) is 0 Å². The second-order valence-corrected chi connectivity index (χ2v) is 7.09. The first-order chi connectivity index (χ1) is 14.0. The Morgan fingerprint density at radius 3 is 2.28 bits per heavy atom. The number of carbonyl (C=O) groups is 2. The Hall–Kier alpha value is -2.83. The molecule has 0 unspecified atom stereocenters. The lowest BCUT2D eigenvalue weighted by molar-refractivity contribution is -0.138. The van der Waals surface area contributed by atoms with E-state index in [9.17, 15) is 14.7 Å². The van der Waals surface area contributed by atoms with Gasteiger partial charge in [0.25, 0.3) is 11.8 Å². The van der Waals surface area contributed by atoms with Crippen molar-refractivity contribution in [2.75, 3.05) is 26.8 Å². The van der Waals surface area contributed by atoms with Crippen molar-refractivity contribution in [1.29, 1.82) is 0 Å². The SMILES string of the molecule is CCOc1ccc(C2=C(N(C)CCO)C(=O)N(Cc3ccc(Cl)cc3)C2=O)cc1. The van der Waals surface area contributed by atoms with E-state index in [1.165, 1.54) is 4.90 Å². The van der Waals surface area contributed by atoms with Gasteiger partial charge in [-0.25, -0.2) is 0 Å². The molecule has 0 saturated heterocycles. The highest BCUT2D eigenvalue weighted by atomic mass is 35.5. The van der Waals surface area contributed by atoms with Crippen LogP contribution in [0.4, 0.5) is 0 Å². The molecule has 0 atom stereocenters. The second-order valence-electron chi connectivity index (χ2n) is 6.65. The van der Waals surface area contributed by atoms with Gasteiger partial charge in [0.2, 0.25) is 0 Å². The van der Waals surface area contributed by atoms with Gasteiger partial charge in [-0.2, -0.15) is 0 Å². The molecule has 3 rings (SSSR count). The van der Waals surface area contributed by atoms with Crippen LogP contribution in [-0.4, -0.2) is 53.5 Å². The number of hydrogen-bond acceptors (Lipinski definition) is 5. The first-order valence-electron chi connectivity index (χ1n) is 9.36. The number of carbonyl (C=O) groups excluding carboxylic acids is 2. The fourth-order valence-corrected chi connectivity index (χ4v) is 3.37. The lowest BCUT2D eigenvalue weighted by Gasteiger charge is -2.20. The van der Waals surface area contributed by atoms with Crippen molar-refractivity contribution in [3.63, 3.8) is 0 Å². The van der Waals surface area contributed by atoms with Crippen molar-refractivity contribution >= 4 is 29.0 Å². The van der Waals surface area contributed by atoms with E-state index in [1.807, 2.05) is 6.92 Å². The van der Waals surface area contributed by atoms with Crippen molar-refractivity contribution in [3.05, 3.63) is 70.4 Å². The van der Waals surface area contributed by atoms with E-state index in [-0.39, 0.29) is 37.2 Å². The summed E-state index contributed by atoms with van der Waals surface area (Å²) in [6.45, 7) is 2.69. The Morgan fingerprint density at radius 1 is 1.03 bits per heavy atom. The van der Waals surface area contributed by atoms with E-state index in [2.05, 4.69) is 0 Å². The summed E-state index contributed by atoms with van der Waals surface area (Å²) in [4.78, 5) is 29.2. The number of likely N-dealkylation sites (N-methyl/N-ethyl adjacent to an activating group) is 1. The monoisotopic (exact) mass is 414 g/mol. The van der Waals surface area contributed by atoms with Crippen LogP contribution in [0.2, 0.25) is 5.02 Å². The summed E-state index contributed by atoms with van der Waals surface area (Å²) in [5, 5.41) is 9.91. The van der Waals surface area contributed by atoms with Gasteiger partial charge in [-0.15, -0.1) is 0 Å². The highest BCUT2D eigenvalue weighted by Gasteiger charge is 2.40. The number of benzene rings is 2. The molecule has 0 saturated carbocycles. The van der Waals surface area contributed by atoms with E-state index >= 15 is 0 Å². The lowest BCUT2D eigenvalue weighted by atomic mass is 10.0. The zero-order valence-electron chi connectivity index (χ0n) is 16.4. The highest BCUT2D eigenvalue weighted by molar-refractivity contribution is 6.35. The number of halogens is 1. The highest BCUT2D eigenvalue weighted by Crippen LogP contribution is 2.33. The molecule has 0 bridgehead atoms. The molecule has 152 valence electrons. The van der Waals surface area contributed by atoms with Gasteiger partial charge in [0.15, 0.2) is 0 Å². The summed E-state index contributed by atoms with van der Waals surface area (Å²) in [6, 6.07) is 14.1. The average Bonchev–Trinajstić information content (AvgIpc) is 2.95. The number of hydrogen-bond donors (Lipinski definition) is 1. The van der Waals surface area contributed by atoms with Crippen molar-refractivity contribution in [1.82, 2.24) is 9.80 Å². The Bertz CT molecular complexity index is 923. The molecule has 29 heavy (non-hydrogen) atoms. The van der Waals surface area contributed by atoms with Crippen molar-refractivity contribution < 1.29 is 19.4 Å². The molecular weight excluding hydrogens is 392 g/mol. The number of imide groups is 1. The Kier molecular flexibility index (Phi) is 6.56. The molecular formula is C22H23ClN2O4. The summed E-state index contributed by atoms with van der Waals surface area (Å²) in [5.41, 5.74) is 2.03. The van der Waals surface area contributed by atoms with Gasteiger partial charge in [-0.3, -0.25) is 14.5 Å². The third-order valence-electron chi connectivity index (χ3n) is 4.67. The molecule has 1 aliphatic heterocycles. The number of aliphatic hydroxyl groups excluding tert-OH is 1. The molecule has 1 heterocycles. The van der Waals surface area contributed by atoms with Crippen LogP contribution in [-0.2, 0) is 16.1 Å². The molecule has 2 amide bonds. The van der Waals surface area contributed by atoms with Crippen LogP contribution < -0.4 is 4.74 Å². The maximum absolute atomic E-state index is 13.2. The molecule has 0 aliphatic carbocycles. The van der Waals surface area contributed by atoms with Gasteiger partial charge < -0.3 is 14.7 Å². The topological polar surface area (TPSA) is 70.1 Å². The van der Waals surface area contributed by atoms with Gasteiger partial charge in [-0.1, -0.05) is 35.9 Å². The molecule has 1 aliphatic rings.